The SMILES string of the molecule is CC1=C(C#N)C(c2cccc3nnc(-c4ccccc4)cc23)C(C(=O)OC(C)C)=C(C)N1. The van der Waals surface area contributed by atoms with Gasteiger partial charge >= 0.3 is 5.97 Å². The topological polar surface area (TPSA) is 87.9 Å². The van der Waals surface area contributed by atoms with Crippen molar-refractivity contribution in [1.82, 2.24) is 15.5 Å². The average Bonchev–Trinajstić information content (AvgIpc) is 2.78. The molecule has 1 N–H and O–H groups in total. The molecule has 2 aromatic carbocycles. The molecule has 1 unspecified atom stereocenters. The average molecular weight is 425 g/mol. The van der Waals surface area contributed by atoms with Crippen molar-refractivity contribution >= 4 is 16.9 Å². The van der Waals surface area contributed by atoms with Crippen LogP contribution >= 0.6 is 0 Å². The second kappa shape index (κ2) is 8.64. The van der Waals surface area contributed by atoms with Gasteiger partial charge in [-0.1, -0.05) is 42.5 Å². The Labute approximate surface area is 187 Å². The molecule has 0 fully saturated rings. The number of hydrogen-bond donors (Lipinski definition) is 1. The summed E-state index contributed by atoms with van der Waals surface area (Å²) in [6.07, 6.45) is -0.274. The number of benzene rings is 2. The van der Waals surface area contributed by atoms with Crippen LogP contribution in [0.5, 0.6) is 0 Å². The molecule has 0 aliphatic carbocycles. The number of nitriles is 1. The van der Waals surface area contributed by atoms with Crippen LogP contribution in [0.25, 0.3) is 22.2 Å². The summed E-state index contributed by atoms with van der Waals surface area (Å²) in [6, 6.07) is 19.8. The number of dihydropyridines is 1. The number of nitrogens with one attached hydrogen (secondary N) is 1. The number of fused-ring (bicyclic) bond motifs is 1. The van der Waals surface area contributed by atoms with Gasteiger partial charge in [0.15, 0.2) is 0 Å². The van der Waals surface area contributed by atoms with E-state index in [1.165, 1.54) is 0 Å². The number of hydrogen-bond acceptors (Lipinski definition) is 6. The quantitative estimate of drug-likeness (QED) is 0.593. The summed E-state index contributed by atoms with van der Waals surface area (Å²) in [6.45, 7) is 7.30. The first kappa shape index (κ1) is 21.3. The molecule has 0 saturated heterocycles. The lowest BCUT2D eigenvalue weighted by Crippen LogP contribution is -2.29. The Balaban J connectivity index is 1.95. The fraction of sp³-hybridized carbons (Fsp3) is 0.231. The molecule has 4 rings (SSSR count). The van der Waals surface area contributed by atoms with Crippen LogP contribution in [0.3, 0.4) is 0 Å². The van der Waals surface area contributed by atoms with E-state index in [-0.39, 0.29) is 6.10 Å². The highest BCUT2D eigenvalue weighted by Gasteiger charge is 2.35. The van der Waals surface area contributed by atoms with Gasteiger partial charge in [0.1, 0.15) is 0 Å². The van der Waals surface area contributed by atoms with Crippen molar-refractivity contribution in [3.8, 4) is 17.3 Å². The summed E-state index contributed by atoms with van der Waals surface area (Å²) in [5.41, 5.74) is 5.51. The van der Waals surface area contributed by atoms with Gasteiger partial charge in [-0.2, -0.15) is 5.26 Å². The maximum atomic E-state index is 13.1. The van der Waals surface area contributed by atoms with Crippen LogP contribution in [0.15, 0.2) is 77.1 Å². The van der Waals surface area contributed by atoms with Gasteiger partial charge in [-0.3, -0.25) is 0 Å². The Morgan fingerprint density at radius 1 is 1.06 bits per heavy atom. The largest absolute Gasteiger partial charge is 0.460 e. The van der Waals surface area contributed by atoms with E-state index < -0.39 is 11.9 Å². The standard InChI is InChI=1S/C26H24N4O2/c1-15(2)32-26(31)24-17(4)28-16(3)21(14-27)25(24)19-11-8-12-22-20(19)13-23(30-29-22)18-9-6-5-7-10-18/h5-13,15,25,28H,1-4H3. The molecule has 0 spiro atoms. The summed E-state index contributed by atoms with van der Waals surface area (Å²) in [5.74, 6) is -0.999. The van der Waals surface area contributed by atoms with E-state index in [4.69, 9.17) is 4.74 Å². The lowest BCUT2D eigenvalue weighted by Gasteiger charge is -2.29. The van der Waals surface area contributed by atoms with Crippen molar-refractivity contribution in [3.05, 3.63) is 82.7 Å². The molecule has 0 saturated carbocycles. The lowest BCUT2D eigenvalue weighted by atomic mass is 9.79. The fourth-order valence-corrected chi connectivity index (χ4v) is 4.09. The monoisotopic (exact) mass is 424 g/mol. The Bertz CT molecular complexity index is 1300. The minimum Gasteiger partial charge on any atom is -0.460 e. The Morgan fingerprint density at radius 3 is 2.50 bits per heavy atom. The van der Waals surface area contributed by atoms with Crippen LogP contribution in [-0.4, -0.2) is 22.3 Å². The highest BCUT2D eigenvalue weighted by molar-refractivity contribution is 5.96. The number of ether oxygens (including phenoxy) is 1. The highest BCUT2D eigenvalue weighted by atomic mass is 16.5. The van der Waals surface area contributed by atoms with Gasteiger partial charge < -0.3 is 10.1 Å². The predicted octanol–water partition coefficient (Wildman–Crippen LogP) is 5.01. The molecular formula is C26H24N4O2. The van der Waals surface area contributed by atoms with E-state index in [2.05, 4.69) is 21.6 Å². The van der Waals surface area contributed by atoms with Gasteiger partial charge in [0.25, 0.3) is 0 Å². The maximum absolute atomic E-state index is 13.1. The molecule has 1 atom stereocenters. The second-order valence-corrected chi connectivity index (χ2v) is 8.08. The third kappa shape index (κ3) is 3.85. The van der Waals surface area contributed by atoms with Gasteiger partial charge in [-0.25, -0.2) is 4.79 Å². The first-order valence-electron chi connectivity index (χ1n) is 10.5. The first-order valence-corrected chi connectivity index (χ1v) is 10.5. The zero-order valence-corrected chi connectivity index (χ0v) is 18.5. The zero-order valence-electron chi connectivity index (χ0n) is 18.5. The van der Waals surface area contributed by atoms with Crippen molar-refractivity contribution in [2.75, 3.05) is 0 Å². The molecule has 6 heteroatoms. The molecule has 3 aromatic rings. The van der Waals surface area contributed by atoms with E-state index in [9.17, 15) is 10.1 Å². The predicted molar refractivity (Wildman–Crippen MR) is 123 cm³/mol. The number of aromatic nitrogens is 2. The summed E-state index contributed by atoms with van der Waals surface area (Å²) in [7, 11) is 0. The van der Waals surface area contributed by atoms with Crippen molar-refractivity contribution in [2.24, 2.45) is 0 Å². The number of rotatable bonds is 4. The summed E-state index contributed by atoms with van der Waals surface area (Å²) < 4.78 is 5.55. The van der Waals surface area contributed by atoms with E-state index in [0.717, 1.165) is 27.9 Å². The highest BCUT2D eigenvalue weighted by Crippen LogP contribution is 2.41. The fourth-order valence-electron chi connectivity index (χ4n) is 4.09. The van der Waals surface area contributed by atoms with Crippen molar-refractivity contribution in [3.63, 3.8) is 0 Å². The third-order valence-corrected chi connectivity index (χ3v) is 5.49. The smallest absolute Gasteiger partial charge is 0.337 e. The Kier molecular flexibility index (Phi) is 5.74. The van der Waals surface area contributed by atoms with Crippen LogP contribution in [0, 0.1) is 11.3 Å². The molecule has 2 heterocycles. The molecular weight excluding hydrogens is 400 g/mol. The van der Waals surface area contributed by atoms with Crippen molar-refractivity contribution < 1.29 is 9.53 Å². The molecule has 1 aliphatic heterocycles. The van der Waals surface area contributed by atoms with Crippen LogP contribution in [0.1, 0.15) is 39.2 Å². The molecule has 0 radical (unpaired) electrons. The molecule has 1 aliphatic rings. The second-order valence-electron chi connectivity index (χ2n) is 8.08. The lowest BCUT2D eigenvalue weighted by molar-refractivity contribution is -0.143. The van der Waals surface area contributed by atoms with E-state index in [1.54, 1.807) is 0 Å². The van der Waals surface area contributed by atoms with Crippen molar-refractivity contribution in [2.45, 2.75) is 39.7 Å². The van der Waals surface area contributed by atoms with E-state index >= 15 is 0 Å². The summed E-state index contributed by atoms with van der Waals surface area (Å²) >= 11 is 0. The van der Waals surface area contributed by atoms with Crippen LogP contribution in [-0.2, 0) is 9.53 Å². The third-order valence-electron chi connectivity index (χ3n) is 5.49. The molecule has 0 amide bonds. The number of carbonyl (C=O) groups is 1. The summed E-state index contributed by atoms with van der Waals surface area (Å²) in [5, 5.41) is 22.8. The molecule has 160 valence electrons. The van der Waals surface area contributed by atoms with Crippen LogP contribution < -0.4 is 5.32 Å². The van der Waals surface area contributed by atoms with Crippen LogP contribution in [0.2, 0.25) is 0 Å². The minimum absolute atomic E-state index is 0.274. The van der Waals surface area contributed by atoms with Crippen LogP contribution in [0.4, 0.5) is 0 Å². The Morgan fingerprint density at radius 2 is 1.81 bits per heavy atom. The molecule has 32 heavy (non-hydrogen) atoms. The number of esters is 1. The summed E-state index contributed by atoms with van der Waals surface area (Å²) in [4.78, 5) is 13.1. The van der Waals surface area contributed by atoms with Gasteiger partial charge in [-0.15, -0.1) is 10.2 Å². The van der Waals surface area contributed by atoms with E-state index in [0.29, 0.717) is 22.4 Å². The Hall–Kier alpha value is -3.98. The zero-order chi connectivity index (χ0) is 22.8. The molecule has 6 nitrogen and oxygen atoms in total. The molecule has 1 aromatic heterocycles. The number of nitrogens with zero attached hydrogens (tertiary/aromatic N) is 3. The van der Waals surface area contributed by atoms with Gasteiger partial charge in [0, 0.05) is 22.3 Å². The van der Waals surface area contributed by atoms with Gasteiger partial charge in [-0.05, 0) is 45.4 Å². The van der Waals surface area contributed by atoms with Crippen molar-refractivity contribution in [1.29, 1.82) is 5.26 Å². The maximum Gasteiger partial charge on any atom is 0.337 e. The number of carbonyl (C=O) groups excluding carboxylic acids is 1. The number of allylic oxidation sites excluding steroid dienone is 3. The van der Waals surface area contributed by atoms with Gasteiger partial charge in [0.05, 0.1) is 40.4 Å². The molecule has 0 bridgehead atoms. The normalized spacial score (nSPS) is 16.2. The van der Waals surface area contributed by atoms with E-state index in [1.807, 2.05) is 82.3 Å². The van der Waals surface area contributed by atoms with Gasteiger partial charge in [0.2, 0.25) is 0 Å². The first-order chi connectivity index (χ1) is 15.4. The minimum atomic E-state index is -0.566.